The highest BCUT2D eigenvalue weighted by molar-refractivity contribution is 7.99. The van der Waals surface area contributed by atoms with Crippen molar-refractivity contribution in [2.45, 2.75) is 39.0 Å². The minimum absolute atomic E-state index is 0.295. The van der Waals surface area contributed by atoms with Crippen molar-refractivity contribution in [2.75, 3.05) is 18.1 Å². The summed E-state index contributed by atoms with van der Waals surface area (Å²) in [5, 5.41) is 2.99. The molecule has 0 aromatic rings. The molecule has 0 aromatic heterocycles. The summed E-state index contributed by atoms with van der Waals surface area (Å²) in [6, 6.07) is 0. The second-order valence-corrected chi connectivity index (χ2v) is 5.22. The van der Waals surface area contributed by atoms with E-state index in [0.717, 1.165) is 25.8 Å². The van der Waals surface area contributed by atoms with Crippen LogP contribution in [0.3, 0.4) is 0 Å². The van der Waals surface area contributed by atoms with E-state index in [2.05, 4.69) is 12.2 Å². The van der Waals surface area contributed by atoms with Crippen LogP contribution in [0.2, 0.25) is 0 Å². The molecule has 1 fully saturated rings. The van der Waals surface area contributed by atoms with Crippen LogP contribution in [0.15, 0.2) is 0 Å². The monoisotopic (exact) mass is 215 g/mol. The molecule has 1 unspecified atom stereocenters. The molecule has 0 spiro atoms. The summed E-state index contributed by atoms with van der Waals surface area (Å²) in [6.07, 6.45) is 5.74. The van der Waals surface area contributed by atoms with Crippen molar-refractivity contribution in [3.8, 4) is 0 Å². The van der Waals surface area contributed by atoms with Gasteiger partial charge in [0, 0.05) is 12.5 Å². The molecule has 82 valence electrons. The highest BCUT2D eigenvalue weighted by atomic mass is 32.2. The van der Waals surface area contributed by atoms with Gasteiger partial charge < -0.3 is 5.32 Å². The van der Waals surface area contributed by atoms with E-state index in [1.165, 1.54) is 24.3 Å². The zero-order chi connectivity index (χ0) is 10.2. The highest BCUT2D eigenvalue weighted by Gasteiger charge is 2.19. The van der Waals surface area contributed by atoms with Crippen LogP contribution in [-0.2, 0) is 4.79 Å². The van der Waals surface area contributed by atoms with Gasteiger partial charge in [-0.25, -0.2) is 0 Å². The van der Waals surface area contributed by atoms with Crippen LogP contribution in [0.25, 0.3) is 0 Å². The van der Waals surface area contributed by atoms with Crippen molar-refractivity contribution in [1.82, 2.24) is 5.32 Å². The summed E-state index contributed by atoms with van der Waals surface area (Å²) in [6.45, 7) is 3.07. The van der Waals surface area contributed by atoms with Gasteiger partial charge in [-0.15, -0.1) is 0 Å². The Kier molecular flexibility index (Phi) is 6.08. The molecule has 1 amide bonds. The third-order valence-corrected chi connectivity index (χ3v) is 3.68. The van der Waals surface area contributed by atoms with Crippen molar-refractivity contribution >= 4 is 17.7 Å². The normalized spacial score (nSPS) is 22.9. The molecule has 0 aromatic carbocycles. The van der Waals surface area contributed by atoms with Crippen LogP contribution in [0.4, 0.5) is 0 Å². The fourth-order valence-electron chi connectivity index (χ4n) is 1.85. The Morgan fingerprint density at radius 1 is 1.50 bits per heavy atom. The third kappa shape index (κ3) is 4.36. The number of hydrogen-bond donors (Lipinski definition) is 1. The van der Waals surface area contributed by atoms with Crippen LogP contribution in [0.5, 0.6) is 0 Å². The number of amides is 1. The number of nitrogens with one attached hydrogen (secondary N) is 1. The van der Waals surface area contributed by atoms with Gasteiger partial charge in [0.25, 0.3) is 0 Å². The summed E-state index contributed by atoms with van der Waals surface area (Å²) in [5.74, 6) is 3.00. The third-order valence-electron chi connectivity index (χ3n) is 2.69. The van der Waals surface area contributed by atoms with Crippen molar-refractivity contribution in [1.29, 1.82) is 0 Å². The standard InChI is InChI=1S/C11H21NOS/c1-2-14-9-5-7-10-6-3-4-8-12-11(10)13/h10H,2-9H2,1H3,(H,12,13). The fraction of sp³-hybridized carbons (Fsp3) is 0.909. The van der Waals surface area contributed by atoms with Crippen molar-refractivity contribution < 1.29 is 4.79 Å². The predicted molar refractivity (Wildman–Crippen MR) is 62.6 cm³/mol. The van der Waals surface area contributed by atoms with Crippen molar-refractivity contribution in [3.05, 3.63) is 0 Å². The lowest BCUT2D eigenvalue weighted by Gasteiger charge is -2.12. The largest absolute Gasteiger partial charge is 0.356 e. The molecule has 0 radical (unpaired) electrons. The van der Waals surface area contributed by atoms with E-state index in [0.29, 0.717) is 11.8 Å². The topological polar surface area (TPSA) is 29.1 Å². The Hall–Kier alpha value is -0.180. The minimum Gasteiger partial charge on any atom is -0.356 e. The lowest BCUT2D eigenvalue weighted by atomic mass is 9.98. The summed E-state index contributed by atoms with van der Waals surface area (Å²) in [5.41, 5.74) is 0. The van der Waals surface area contributed by atoms with Gasteiger partial charge in [-0.05, 0) is 37.2 Å². The maximum absolute atomic E-state index is 11.6. The van der Waals surface area contributed by atoms with Gasteiger partial charge in [0.15, 0.2) is 0 Å². The van der Waals surface area contributed by atoms with Gasteiger partial charge >= 0.3 is 0 Å². The minimum atomic E-state index is 0.295. The lowest BCUT2D eigenvalue weighted by Crippen LogP contribution is -2.28. The number of rotatable bonds is 5. The van der Waals surface area contributed by atoms with E-state index in [9.17, 15) is 4.79 Å². The van der Waals surface area contributed by atoms with Gasteiger partial charge in [0.1, 0.15) is 0 Å². The SMILES string of the molecule is CCSCCCC1CCCCNC1=O. The van der Waals surface area contributed by atoms with E-state index in [-0.39, 0.29) is 0 Å². The van der Waals surface area contributed by atoms with E-state index in [4.69, 9.17) is 0 Å². The number of carbonyl (C=O) groups excluding carboxylic acids is 1. The molecule has 0 saturated carbocycles. The lowest BCUT2D eigenvalue weighted by molar-refractivity contribution is -0.124. The van der Waals surface area contributed by atoms with Crippen LogP contribution in [0.1, 0.15) is 39.0 Å². The zero-order valence-corrected chi connectivity index (χ0v) is 9.87. The Labute approximate surface area is 91.2 Å². The number of thioether (sulfide) groups is 1. The second kappa shape index (κ2) is 7.16. The molecule has 2 nitrogen and oxygen atoms in total. The summed E-state index contributed by atoms with van der Waals surface area (Å²) < 4.78 is 0. The van der Waals surface area contributed by atoms with E-state index >= 15 is 0 Å². The molecule has 3 heteroatoms. The Morgan fingerprint density at radius 3 is 3.14 bits per heavy atom. The molecule has 1 heterocycles. The van der Waals surface area contributed by atoms with Crippen LogP contribution < -0.4 is 5.32 Å². The van der Waals surface area contributed by atoms with Gasteiger partial charge in [-0.3, -0.25) is 4.79 Å². The number of carbonyl (C=O) groups is 1. The van der Waals surface area contributed by atoms with Gasteiger partial charge in [-0.2, -0.15) is 11.8 Å². The summed E-state index contributed by atoms with van der Waals surface area (Å²) in [4.78, 5) is 11.6. The van der Waals surface area contributed by atoms with E-state index in [1.807, 2.05) is 11.8 Å². The molecule has 1 saturated heterocycles. The van der Waals surface area contributed by atoms with Gasteiger partial charge in [0.05, 0.1) is 0 Å². The smallest absolute Gasteiger partial charge is 0.223 e. The first-order valence-electron chi connectivity index (χ1n) is 5.70. The molecule has 1 N–H and O–H groups in total. The number of hydrogen-bond acceptors (Lipinski definition) is 2. The van der Waals surface area contributed by atoms with Crippen molar-refractivity contribution in [2.24, 2.45) is 5.92 Å². The molecular formula is C11H21NOS. The molecule has 0 bridgehead atoms. The predicted octanol–water partition coefficient (Wildman–Crippen LogP) is 2.44. The maximum atomic E-state index is 11.6. The molecule has 1 aliphatic rings. The van der Waals surface area contributed by atoms with Gasteiger partial charge in [0.2, 0.25) is 5.91 Å². The fourth-order valence-corrected chi connectivity index (χ4v) is 2.51. The molecule has 1 aliphatic heterocycles. The summed E-state index contributed by atoms with van der Waals surface area (Å²) in [7, 11) is 0. The molecule has 0 aliphatic carbocycles. The molecular weight excluding hydrogens is 194 g/mol. The quantitative estimate of drug-likeness (QED) is 0.714. The zero-order valence-electron chi connectivity index (χ0n) is 9.05. The molecule has 14 heavy (non-hydrogen) atoms. The van der Waals surface area contributed by atoms with E-state index in [1.54, 1.807) is 0 Å². The maximum Gasteiger partial charge on any atom is 0.223 e. The van der Waals surface area contributed by atoms with Crippen LogP contribution in [0, 0.1) is 5.92 Å². The van der Waals surface area contributed by atoms with Crippen LogP contribution >= 0.6 is 11.8 Å². The average Bonchev–Trinajstić information content (AvgIpc) is 2.39. The van der Waals surface area contributed by atoms with Crippen molar-refractivity contribution in [3.63, 3.8) is 0 Å². The summed E-state index contributed by atoms with van der Waals surface area (Å²) >= 11 is 1.97. The first-order valence-corrected chi connectivity index (χ1v) is 6.85. The first kappa shape index (κ1) is 11.9. The van der Waals surface area contributed by atoms with Gasteiger partial charge in [-0.1, -0.05) is 13.3 Å². The molecule has 1 rings (SSSR count). The van der Waals surface area contributed by atoms with Crippen LogP contribution in [-0.4, -0.2) is 24.0 Å². The Morgan fingerprint density at radius 2 is 2.36 bits per heavy atom. The second-order valence-electron chi connectivity index (χ2n) is 3.82. The Bertz CT molecular complexity index is 173. The Balaban J connectivity index is 2.16. The average molecular weight is 215 g/mol. The first-order chi connectivity index (χ1) is 6.84. The highest BCUT2D eigenvalue weighted by Crippen LogP contribution is 2.18. The molecule has 1 atom stereocenters. The van der Waals surface area contributed by atoms with E-state index < -0.39 is 0 Å².